The molecule has 0 saturated heterocycles. The van der Waals surface area contributed by atoms with Gasteiger partial charge in [-0.05, 0) is 31.0 Å². The van der Waals surface area contributed by atoms with E-state index in [1.807, 2.05) is 0 Å². The molecule has 1 aliphatic carbocycles. The predicted octanol–water partition coefficient (Wildman–Crippen LogP) is 3.19. The van der Waals surface area contributed by atoms with Gasteiger partial charge in [-0.2, -0.15) is 13.2 Å². The van der Waals surface area contributed by atoms with E-state index in [-0.39, 0.29) is 17.0 Å². The SMILES string of the molecule is N=C(N)CC1(COc2cccc(C(F)(F)F)c2)CC1. The van der Waals surface area contributed by atoms with Gasteiger partial charge in [-0.3, -0.25) is 5.41 Å². The lowest BCUT2D eigenvalue weighted by molar-refractivity contribution is -0.137. The molecule has 1 aromatic carbocycles. The third-order valence-corrected chi connectivity index (χ3v) is 3.23. The molecule has 0 aliphatic heterocycles. The van der Waals surface area contributed by atoms with Crippen molar-refractivity contribution in [2.75, 3.05) is 6.61 Å². The first-order valence-electron chi connectivity index (χ1n) is 5.94. The van der Waals surface area contributed by atoms with Gasteiger partial charge >= 0.3 is 6.18 Å². The van der Waals surface area contributed by atoms with E-state index in [0.717, 1.165) is 25.0 Å². The van der Waals surface area contributed by atoms with Gasteiger partial charge in [0.2, 0.25) is 0 Å². The molecule has 2 rings (SSSR count). The van der Waals surface area contributed by atoms with Crippen molar-refractivity contribution < 1.29 is 17.9 Å². The van der Waals surface area contributed by atoms with Gasteiger partial charge in [-0.25, -0.2) is 0 Å². The molecule has 0 bridgehead atoms. The van der Waals surface area contributed by atoms with Gasteiger partial charge in [0.05, 0.1) is 18.0 Å². The average molecular weight is 272 g/mol. The first kappa shape index (κ1) is 13.7. The zero-order valence-corrected chi connectivity index (χ0v) is 10.3. The van der Waals surface area contributed by atoms with Crippen molar-refractivity contribution in [1.82, 2.24) is 0 Å². The molecule has 1 aromatic rings. The van der Waals surface area contributed by atoms with Crippen molar-refractivity contribution in [2.24, 2.45) is 11.1 Å². The maximum absolute atomic E-state index is 12.5. The quantitative estimate of drug-likeness (QED) is 0.638. The lowest BCUT2D eigenvalue weighted by Crippen LogP contribution is -2.21. The Bertz CT molecular complexity index is 481. The van der Waals surface area contributed by atoms with Gasteiger partial charge in [0.25, 0.3) is 0 Å². The Hall–Kier alpha value is -1.72. The van der Waals surface area contributed by atoms with E-state index in [4.69, 9.17) is 15.9 Å². The third kappa shape index (κ3) is 3.62. The monoisotopic (exact) mass is 272 g/mol. The number of benzene rings is 1. The van der Waals surface area contributed by atoms with Crippen LogP contribution in [-0.2, 0) is 6.18 Å². The van der Waals surface area contributed by atoms with E-state index in [2.05, 4.69) is 0 Å². The second-order valence-electron chi connectivity index (χ2n) is 5.02. The largest absolute Gasteiger partial charge is 0.493 e. The topological polar surface area (TPSA) is 59.1 Å². The third-order valence-electron chi connectivity index (χ3n) is 3.23. The van der Waals surface area contributed by atoms with Crippen molar-refractivity contribution in [3.05, 3.63) is 29.8 Å². The Morgan fingerprint density at radius 1 is 1.37 bits per heavy atom. The Kier molecular flexibility index (Phi) is 3.43. The summed E-state index contributed by atoms with van der Waals surface area (Å²) in [6.45, 7) is 0.299. The number of nitrogens with one attached hydrogen (secondary N) is 1. The van der Waals surface area contributed by atoms with Crippen molar-refractivity contribution in [3.8, 4) is 5.75 Å². The molecule has 1 fully saturated rings. The summed E-state index contributed by atoms with van der Waals surface area (Å²) in [5.41, 5.74) is 4.47. The molecule has 0 spiro atoms. The summed E-state index contributed by atoms with van der Waals surface area (Å²) in [6.07, 6.45) is -2.14. The smallest absolute Gasteiger partial charge is 0.416 e. The number of ether oxygens (including phenoxy) is 1. The van der Waals surface area contributed by atoms with Crippen LogP contribution in [0.25, 0.3) is 0 Å². The van der Waals surface area contributed by atoms with Crippen molar-refractivity contribution in [2.45, 2.75) is 25.4 Å². The highest BCUT2D eigenvalue weighted by atomic mass is 19.4. The number of amidine groups is 1. The normalized spacial score (nSPS) is 17.0. The Labute approximate surface area is 109 Å². The molecule has 3 nitrogen and oxygen atoms in total. The van der Waals surface area contributed by atoms with Gasteiger partial charge in [0, 0.05) is 11.8 Å². The van der Waals surface area contributed by atoms with Crippen LogP contribution in [0.3, 0.4) is 0 Å². The van der Waals surface area contributed by atoms with Crippen LogP contribution in [-0.4, -0.2) is 12.4 Å². The molecular weight excluding hydrogens is 257 g/mol. The van der Waals surface area contributed by atoms with Gasteiger partial charge in [-0.1, -0.05) is 6.07 Å². The molecular formula is C13H15F3N2O. The highest BCUT2D eigenvalue weighted by molar-refractivity contribution is 5.78. The number of hydrogen-bond acceptors (Lipinski definition) is 2. The minimum absolute atomic E-state index is 0.0881. The fourth-order valence-electron chi connectivity index (χ4n) is 1.95. The van der Waals surface area contributed by atoms with Crippen LogP contribution in [0.4, 0.5) is 13.2 Å². The minimum atomic E-state index is -4.37. The van der Waals surface area contributed by atoms with Crippen LogP contribution in [0, 0.1) is 10.8 Å². The molecule has 0 radical (unpaired) electrons. The van der Waals surface area contributed by atoms with Crippen LogP contribution in [0.1, 0.15) is 24.8 Å². The van der Waals surface area contributed by atoms with E-state index >= 15 is 0 Å². The van der Waals surface area contributed by atoms with Crippen LogP contribution in [0.15, 0.2) is 24.3 Å². The highest BCUT2D eigenvalue weighted by Crippen LogP contribution is 2.49. The summed E-state index contributed by atoms with van der Waals surface area (Å²) in [5.74, 6) is 0.287. The molecule has 0 aromatic heterocycles. The summed E-state index contributed by atoms with van der Waals surface area (Å²) in [7, 11) is 0. The molecule has 0 amide bonds. The van der Waals surface area contributed by atoms with Gasteiger partial charge in [0.15, 0.2) is 0 Å². The van der Waals surface area contributed by atoms with E-state index in [1.165, 1.54) is 12.1 Å². The maximum Gasteiger partial charge on any atom is 0.416 e. The number of halogens is 3. The molecule has 0 unspecified atom stereocenters. The predicted molar refractivity (Wildman–Crippen MR) is 65.1 cm³/mol. The van der Waals surface area contributed by atoms with E-state index in [1.54, 1.807) is 0 Å². The Morgan fingerprint density at radius 2 is 2.05 bits per heavy atom. The Morgan fingerprint density at radius 3 is 2.58 bits per heavy atom. The zero-order chi connectivity index (χ0) is 14.1. The molecule has 0 atom stereocenters. The summed E-state index contributed by atoms with van der Waals surface area (Å²) >= 11 is 0. The molecule has 104 valence electrons. The van der Waals surface area contributed by atoms with Crippen LogP contribution in [0.2, 0.25) is 0 Å². The average Bonchev–Trinajstić information content (AvgIpc) is 3.05. The first-order valence-corrected chi connectivity index (χ1v) is 5.94. The van der Waals surface area contributed by atoms with Crippen molar-refractivity contribution in [1.29, 1.82) is 5.41 Å². The number of alkyl halides is 3. The molecule has 3 N–H and O–H groups in total. The second kappa shape index (κ2) is 4.75. The zero-order valence-electron chi connectivity index (χ0n) is 10.3. The number of hydrogen-bond donors (Lipinski definition) is 2. The summed E-state index contributed by atoms with van der Waals surface area (Å²) in [6, 6.07) is 4.82. The van der Waals surface area contributed by atoms with Gasteiger partial charge in [0.1, 0.15) is 5.75 Å². The number of rotatable bonds is 5. The number of nitrogens with two attached hydrogens (primary N) is 1. The fraction of sp³-hybridized carbons (Fsp3) is 0.462. The van der Waals surface area contributed by atoms with Gasteiger partial charge in [-0.15, -0.1) is 0 Å². The molecule has 19 heavy (non-hydrogen) atoms. The maximum atomic E-state index is 12.5. The highest BCUT2D eigenvalue weighted by Gasteiger charge is 2.44. The summed E-state index contributed by atoms with van der Waals surface area (Å²) in [4.78, 5) is 0. The summed E-state index contributed by atoms with van der Waals surface area (Å²) < 4.78 is 43.0. The van der Waals surface area contributed by atoms with E-state index < -0.39 is 11.7 Å². The fourth-order valence-corrected chi connectivity index (χ4v) is 1.95. The lowest BCUT2D eigenvalue weighted by Gasteiger charge is -2.16. The van der Waals surface area contributed by atoms with Crippen molar-refractivity contribution in [3.63, 3.8) is 0 Å². The standard InChI is InChI=1S/C13H15F3N2O/c14-13(15,16)9-2-1-3-10(6-9)19-8-12(4-5-12)7-11(17)18/h1-3,6H,4-5,7-8H2,(H3,17,18). The minimum Gasteiger partial charge on any atom is -0.493 e. The van der Waals surface area contributed by atoms with Crippen LogP contribution < -0.4 is 10.5 Å². The molecule has 6 heteroatoms. The molecule has 1 aliphatic rings. The first-order chi connectivity index (χ1) is 8.81. The van der Waals surface area contributed by atoms with E-state index in [0.29, 0.717) is 13.0 Å². The van der Waals surface area contributed by atoms with Crippen LogP contribution >= 0.6 is 0 Å². The lowest BCUT2D eigenvalue weighted by atomic mass is 10.0. The molecule has 0 heterocycles. The van der Waals surface area contributed by atoms with Crippen LogP contribution in [0.5, 0.6) is 5.75 Å². The van der Waals surface area contributed by atoms with Crippen molar-refractivity contribution >= 4 is 5.84 Å². The van der Waals surface area contributed by atoms with Gasteiger partial charge < -0.3 is 10.5 Å². The Balaban J connectivity index is 1.99. The second-order valence-corrected chi connectivity index (χ2v) is 5.02. The molecule has 1 saturated carbocycles. The van der Waals surface area contributed by atoms with E-state index in [9.17, 15) is 13.2 Å². The summed E-state index contributed by atoms with van der Waals surface area (Å²) in [5, 5.41) is 7.26.